The van der Waals surface area contributed by atoms with E-state index in [1.54, 1.807) is 10.9 Å². The highest BCUT2D eigenvalue weighted by molar-refractivity contribution is 7.07. The van der Waals surface area contributed by atoms with Crippen molar-refractivity contribution in [2.24, 2.45) is 5.73 Å². The molecule has 5 amide bonds. The van der Waals surface area contributed by atoms with E-state index < -0.39 is 54.0 Å². The lowest BCUT2D eigenvalue weighted by atomic mass is 10.1. The first-order chi connectivity index (χ1) is 14.2. The lowest BCUT2D eigenvalue weighted by Crippen LogP contribution is -2.56. The largest absolute Gasteiger partial charge is 0.443 e. The smallest absolute Gasteiger partial charge is 0.417 e. The second kappa shape index (κ2) is 8.88. The third kappa shape index (κ3) is 4.33. The molecular formula is C18H23N5O6S. The Morgan fingerprint density at radius 3 is 2.73 bits per heavy atom. The summed E-state index contributed by atoms with van der Waals surface area (Å²) < 4.78 is 4.92. The average molecular weight is 437 g/mol. The van der Waals surface area contributed by atoms with Gasteiger partial charge in [0.15, 0.2) is 6.04 Å². The molecule has 162 valence electrons. The summed E-state index contributed by atoms with van der Waals surface area (Å²) in [5.41, 5.74) is 8.35. The van der Waals surface area contributed by atoms with E-state index >= 15 is 0 Å². The van der Waals surface area contributed by atoms with Crippen LogP contribution in [0.2, 0.25) is 0 Å². The summed E-state index contributed by atoms with van der Waals surface area (Å²) in [4.78, 5) is 67.7. The number of nitrogens with zero attached hydrogens (tertiary/aromatic N) is 3. The van der Waals surface area contributed by atoms with Gasteiger partial charge in [0.1, 0.15) is 12.1 Å². The van der Waals surface area contributed by atoms with Gasteiger partial charge in [0.05, 0.1) is 17.2 Å². The zero-order valence-electron chi connectivity index (χ0n) is 16.6. The summed E-state index contributed by atoms with van der Waals surface area (Å²) in [7, 11) is 0. The summed E-state index contributed by atoms with van der Waals surface area (Å²) in [5, 5.41) is 4.02. The van der Waals surface area contributed by atoms with Gasteiger partial charge in [-0.2, -0.15) is 0 Å². The van der Waals surface area contributed by atoms with Crippen LogP contribution >= 0.6 is 11.3 Å². The van der Waals surface area contributed by atoms with E-state index in [-0.39, 0.29) is 6.42 Å². The van der Waals surface area contributed by atoms with E-state index in [0.29, 0.717) is 30.0 Å². The van der Waals surface area contributed by atoms with Crippen molar-refractivity contribution in [2.75, 3.05) is 6.54 Å². The molecule has 11 nitrogen and oxygen atoms in total. The Balaban J connectivity index is 1.65. The maximum atomic E-state index is 12.8. The number of carbonyl (C=O) groups is 5. The quantitative estimate of drug-likeness (QED) is 0.580. The average Bonchev–Trinajstić information content (AvgIpc) is 3.40. The Kier molecular flexibility index (Phi) is 6.46. The molecule has 1 aromatic rings. The molecule has 0 aliphatic carbocycles. The van der Waals surface area contributed by atoms with Gasteiger partial charge in [-0.15, -0.1) is 11.3 Å². The van der Waals surface area contributed by atoms with Crippen molar-refractivity contribution in [3.05, 3.63) is 16.6 Å². The van der Waals surface area contributed by atoms with E-state index in [1.807, 2.05) is 0 Å². The second-order valence-corrected chi connectivity index (χ2v) is 7.97. The zero-order valence-corrected chi connectivity index (χ0v) is 17.4. The van der Waals surface area contributed by atoms with Gasteiger partial charge in [-0.1, -0.05) is 0 Å². The maximum absolute atomic E-state index is 12.8. The number of nitrogens with two attached hydrogens (primary N) is 1. The van der Waals surface area contributed by atoms with Crippen LogP contribution in [0.25, 0.3) is 0 Å². The molecule has 2 saturated heterocycles. The van der Waals surface area contributed by atoms with Gasteiger partial charge in [-0.25, -0.2) is 14.7 Å². The highest BCUT2D eigenvalue weighted by Crippen LogP contribution is 2.22. The molecular weight excluding hydrogens is 414 g/mol. The second-order valence-electron chi connectivity index (χ2n) is 7.26. The molecule has 12 heteroatoms. The SMILES string of the molecule is CC(=O)N1C(=O)O[C@@H](C)[C@H]1C(=O)NC(=O)[C@@H]1CCCN1C(=O)[C@@H](N)Cc1cscn1. The fourth-order valence-corrected chi connectivity index (χ4v) is 4.28. The number of hydrogen-bond donors (Lipinski definition) is 2. The number of thiazole rings is 1. The van der Waals surface area contributed by atoms with Crippen molar-refractivity contribution < 1.29 is 28.7 Å². The van der Waals surface area contributed by atoms with Crippen molar-refractivity contribution in [3.63, 3.8) is 0 Å². The molecule has 2 aliphatic rings. The van der Waals surface area contributed by atoms with Gasteiger partial charge >= 0.3 is 6.09 Å². The molecule has 0 radical (unpaired) electrons. The number of ether oxygens (including phenoxy) is 1. The number of amides is 5. The van der Waals surface area contributed by atoms with Gasteiger partial charge in [0.2, 0.25) is 17.7 Å². The highest BCUT2D eigenvalue weighted by Gasteiger charge is 2.47. The van der Waals surface area contributed by atoms with Crippen molar-refractivity contribution in [1.29, 1.82) is 0 Å². The van der Waals surface area contributed by atoms with Crippen LogP contribution in [0.15, 0.2) is 10.9 Å². The van der Waals surface area contributed by atoms with Crippen LogP contribution < -0.4 is 11.1 Å². The molecule has 0 unspecified atom stereocenters. The van der Waals surface area contributed by atoms with Gasteiger partial charge in [0, 0.05) is 25.3 Å². The number of nitrogens with one attached hydrogen (secondary N) is 1. The van der Waals surface area contributed by atoms with E-state index in [2.05, 4.69) is 10.3 Å². The van der Waals surface area contributed by atoms with E-state index in [9.17, 15) is 24.0 Å². The molecule has 0 saturated carbocycles. The summed E-state index contributed by atoms with van der Waals surface area (Å²) in [5.74, 6) is -2.57. The Morgan fingerprint density at radius 1 is 1.37 bits per heavy atom. The van der Waals surface area contributed by atoms with Gasteiger partial charge in [0.25, 0.3) is 5.91 Å². The predicted molar refractivity (Wildman–Crippen MR) is 104 cm³/mol. The van der Waals surface area contributed by atoms with E-state index in [1.165, 1.54) is 23.2 Å². The summed E-state index contributed by atoms with van der Waals surface area (Å²) in [6.07, 6.45) is -0.628. The van der Waals surface area contributed by atoms with Gasteiger partial charge < -0.3 is 15.4 Å². The number of imide groups is 2. The fraction of sp³-hybridized carbons (Fsp3) is 0.556. The molecule has 0 spiro atoms. The first kappa shape index (κ1) is 21.8. The minimum Gasteiger partial charge on any atom is -0.443 e. The maximum Gasteiger partial charge on any atom is 0.417 e. The zero-order chi connectivity index (χ0) is 22.0. The number of hydrogen-bond acceptors (Lipinski definition) is 9. The normalized spacial score (nSPS) is 24.5. The minimum atomic E-state index is -1.25. The first-order valence-corrected chi connectivity index (χ1v) is 10.4. The van der Waals surface area contributed by atoms with Crippen LogP contribution in [0.1, 0.15) is 32.4 Å². The van der Waals surface area contributed by atoms with Crippen LogP contribution in [0.4, 0.5) is 4.79 Å². The Bertz CT molecular complexity index is 859. The lowest BCUT2D eigenvalue weighted by molar-refractivity contribution is -0.143. The molecule has 3 heterocycles. The van der Waals surface area contributed by atoms with Crippen LogP contribution in [-0.4, -0.2) is 75.3 Å². The highest BCUT2D eigenvalue weighted by atomic mass is 32.1. The monoisotopic (exact) mass is 437 g/mol. The number of carbonyl (C=O) groups excluding carboxylic acids is 5. The predicted octanol–water partition coefficient (Wildman–Crippen LogP) is -0.597. The van der Waals surface area contributed by atoms with Crippen LogP contribution in [0.5, 0.6) is 0 Å². The molecule has 3 rings (SSSR count). The molecule has 30 heavy (non-hydrogen) atoms. The molecule has 3 N–H and O–H groups in total. The van der Waals surface area contributed by atoms with E-state index in [4.69, 9.17) is 10.5 Å². The third-order valence-electron chi connectivity index (χ3n) is 5.13. The molecule has 2 fully saturated rings. The number of aromatic nitrogens is 1. The standard InChI is InChI=1S/C18H23N5O6S/c1-9-14(23(10(2)24)18(28)29-9)16(26)21-15(25)13-4-3-5-22(13)17(27)12(19)6-11-7-30-8-20-11/h7-9,12-14H,3-6,19H2,1-2H3,(H,21,25,26)/t9-,12-,13-,14-/m0/s1. The topological polar surface area (TPSA) is 152 Å². The summed E-state index contributed by atoms with van der Waals surface area (Å²) >= 11 is 1.40. The Morgan fingerprint density at radius 2 is 2.10 bits per heavy atom. The summed E-state index contributed by atoms with van der Waals surface area (Å²) in [6, 6.07) is -2.97. The molecule has 0 aromatic carbocycles. The molecule has 4 atom stereocenters. The summed E-state index contributed by atoms with van der Waals surface area (Å²) in [6.45, 7) is 2.93. The molecule has 1 aromatic heterocycles. The van der Waals surface area contributed by atoms with Crippen molar-refractivity contribution in [2.45, 2.75) is 57.3 Å². The number of cyclic esters (lactones) is 1. The number of likely N-dealkylation sites (tertiary alicyclic amines) is 1. The van der Waals surface area contributed by atoms with E-state index in [0.717, 1.165) is 6.92 Å². The molecule has 0 bridgehead atoms. The third-order valence-corrected chi connectivity index (χ3v) is 5.76. The Hall–Kier alpha value is -2.86. The lowest BCUT2D eigenvalue weighted by Gasteiger charge is -2.27. The van der Waals surface area contributed by atoms with Crippen molar-refractivity contribution in [1.82, 2.24) is 20.1 Å². The van der Waals surface area contributed by atoms with Crippen LogP contribution in [-0.2, 0) is 30.3 Å². The number of rotatable bonds is 5. The Labute approximate surface area is 176 Å². The van der Waals surface area contributed by atoms with Crippen molar-refractivity contribution >= 4 is 41.1 Å². The first-order valence-electron chi connectivity index (χ1n) is 9.49. The minimum absolute atomic E-state index is 0.249. The van der Waals surface area contributed by atoms with Crippen molar-refractivity contribution in [3.8, 4) is 0 Å². The molecule has 2 aliphatic heterocycles. The fourth-order valence-electron chi connectivity index (χ4n) is 3.70. The van der Waals surface area contributed by atoms with Crippen LogP contribution in [0, 0.1) is 0 Å². The van der Waals surface area contributed by atoms with Crippen LogP contribution in [0.3, 0.4) is 0 Å². The van der Waals surface area contributed by atoms with Gasteiger partial charge in [-0.05, 0) is 19.8 Å². The van der Waals surface area contributed by atoms with Gasteiger partial charge in [-0.3, -0.25) is 24.5 Å².